The number of nitrogens with zero attached hydrogens (tertiary/aromatic N) is 3. The number of likely N-dealkylation sites (N-methyl/N-ethyl adjacent to an activating group) is 1. The van der Waals surface area contributed by atoms with Crippen LogP contribution in [0.1, 0.15) is 39.9 Å². The van der Waals surface area contributed by atoms with E-state index < -0.39 is 40.3 Å². The zero-order valence-corrected chi connectivity index (χ0v) is 24.9. The molecule has 1 fully saturated rings. The largest absolute Gasteiger partial charge is 0.860 e. The number of hydrogen-bond donors (Lipinski definition) is 1. The second-order valence-electron chi connectivity index (χ2n) is 9.67. The molecule has 1 atom stereocenters. The molecule has 1 heterocycles. The van der Waals surface area contributed by atoms with Crippen LogP contribution in [-0.2, 0) is 14.8 Å². The number of carbonyl (C=O) groups excluding carboxylic acids is 2. The van der Waals surface area contributed by atoms with Crippen molar-refractivity contribution >= 4 is 56.5 Å². The molecule has 1 unspecified atom stereocenters. The summed E-state index contributed by atoms with van der Waals surface area (Å²) < 4.78 is 34.6. The number of ether oxygens (including phenoxy) is 1. The quantitative estimate of drug-likeness (QED) is 0.212. The number of hydrogen-bond acceptors (Lipinski definition) is 8. The SMILES string of the molecule is Cc1cc(S(=O)(=O)/N=C(/[O-])C2CCCN2C)ccc1NC(=O)COc1ccc(Cl)cc1C(=O)c1cc(Cl)cc(C#N)c1. The van der Waals surface area contributed by atoms with E-state index >= 15 is 0 Å². The fourth-order valence-electron chi connectivity index (χ4n) is 4.47. The standard InChI is InChI=1S/C29H26Cl2N4O6S/c1-17-10-22(42(39,40)34-29(38)25-4-3-9-35(25)2)6-7-24(17)33-27(36)16-41-26-8-5-20(30)14-23(26)28(37)19-11-18(15-32)12-21(31)13-19/h5-8,10-14,25H,3-4,9,16H2,1-2H3,(H,33,36)(H,34,38)/p-1. The monoisotopic (exact) mass is 627 g/mol. The number of anilines is 1. The molecule has 3 aromatic rings. The second kappa shape index (κ2) is 12.9. The predicted octanol–water partition coefficient (Wildman–Crippen LogP) is 3.96. The normalized spacial score (nSPS) is 15.7. The molecule has 0 radical (unpaired) electrons. The van der Waals surface area contributed by atoms with Gasteiger partial charge >= 0.3 is 0 Å². The van der Waals surface area contributed by atoms with Crippen molar-refractivity contribution in [3.05, 3.63) is 86.9 Å². The molecule has 1 aliphatic heterocycles. The van der Waals surface area contributed by atoms with Crippen LogP contribution in [0.25, 0.3) is 0 Å². The summed E-state index contributed by atoms with van der Waals surface area (Å²) in [5.41, 5.74) is 1.14. The molecule has 1 saturated heterocycles. The number of amides is 1. The third-order valence-electron chi connectivity index (χ3n) is 6.62. The van der Waals surface area contributed by atoms with E-state index in [1.54, 1.807) is 18.9 Å². The zero-order valence-electron chi connectivity index (χ0n) is 22.6. The Bertz CT molecular complexity index is 1740. The highest BCUT2D eigenvalue weighted by atomic mass is 35.5. The first-order chi connectivity index (χ1) is 19.9. The van der Waals surface area contributed by atoms with Gasteiger partial charge in [0.2, 0.25) is 0 Å². The highest BCUT2D eigenvalue weighted by molar-refractivity contribution is 7.90. The molecule has 0 saturated carbocycles. The summed E-state index contributed by atoms with van der Waals surface area (Å²) >= 11 is 12.1. The van der Waals surface area contributed by atoms with E-state index in [1.165, 1.54) is 54.6 Å². The van der Waals surface area contributed by atoms with Crippen LogP contribution in [0.5, 0.6) is 5.75 Å². The molecule has 1 aliphatic rings. The number of aryl methyl sites for hydroxylation is 1. The third kappa shape index (κ3) is 7.27. The first-order valence-corrected chi connectivity index (χ1v) is 14.9. The summed E-state index contributed by atoms with van der Waals surface area (Å²) in [6.07, 6.45) is 1.34. The van der Waals surface area contributed by atoms with Gasteiger partial charge in [0, 0.05) is 27.3 Å². The van der Waals surface area contributed by atoms with Crippen LogP contribution in [0.3, 0.4) is 0 Å². The van der Waals surface area contributed by atoms with Crippen molar-refractivity contribution in [2.24, 2.45) is 4.40 Å². The van der Waals surface area contributed by atoms with Gasteiger partial charge in [-0.3, -0.25) is 14.5 Å². The Morgan fingerprint density at radius 3 is 2.57 bits per heavy atom. The van der Waals surface area contributed by atoms with E-state index in [-0.39, 0.29) is 37.4 Å². The van der Waals surface area contributed by atoms with Gasteiger partial charge in [-0.2, -0.15) is 18.1 Å². The van der Waals surface area contributed by atoms with E-state index in [4.69, 9.17) is 27.9 Å². The maximum absolute atomic E-state index is 13.2. The van der Waals surface area contributed by atoms with Crippen molar-refractivity contribution in [3.8, 4) is 11.8 Å². The molecule has 0 bridgehead atoms. The molecular weight excluding hydrogens is 603 g/mol. The fraction of sp³-hybridized carbons (Fsp3) is 0.241. The predicted molar refractivity (Wildman–Crippen MR) is 157 cm³/mol. The van der Waals surface area contributed by atoms with Crippen LogP contribution < -0.4 is 15.2 Å². The lowest BCUT2D eigenvalue weighted by molar-refractivity contribution is -0.222. The number of nitrogens with one attached hydrogen (secondary N) is 1. The summed E-state index contributed by atoms with van der Waals surface area (Å²) in [6.45, 7) is 1.81. The fourth-order valence-corrected chi connectivity index (χ4v) is 5.90. The lowest BCUT2D eigenvalue weighted by Gasteiger charge is -2.24. The van der Waals surface area contributed by atoms with Crippen LogP contribution in [0.15, 0.2) is 63.9 Å². The number of sulfonamides is 1. The highest BCUT2D eigenvalue weighted by Crippen LogP contribution is 2.28. The van der Waals surface area contributed by atoms with Crippen molar-refractivity contribution in [2.75, 3.05) is 25.5 Å². The molecule has 0 aromatic heterocycles. The summed E-state index contributed by atoms with van der Waals surface area (Å²) in [6, 6.07) is 13.9. The van der Waals surface area contributed by atoms with Gasteiger partial charge in [-0.1, -0.05) is 23.2 Å². The van der Waals surface area contributed by atoms with Gasteiger partial charge in [0.25, 0.3) is 15.9 Å². The minimum absolute atomic E-state index is 0.0642. The van der Waals surface area contributed by atoms with Crippen LogP contribution in [0.2, 0.25) is 10.0 Å². The van der Waals surface area contributed by atoms with Crippen LogP contribution in [0.4, 0.5) is 5.69 Å². The van der Waals surface area contributed by atoms with Gasteiger partial charge in [0.15, 0.2) is 12.4 Å². The molecular formula is C29H25Cl2N4O6S-. The Balaban J connectivity index is 1.46. The van der Waals surface area contributed by atoms with Crippen molar-refractivity contribution in [1.82, 2.24) is 4.90 Å². The first kappa shape index (κ1) is 31.0. The summed E-state index contributed by atoms with van der Waals surface area (Å²) in [5, 5.41) is 24.7. The second-order valence-corrected chi connectivity index (χ2v) is 12.1. The van der Waals surface area contributed by atoms with E-state index in [0.717, 1.165) is 6.42 Å². The van der Waals surface area contributed by atoms with Crippen LogP contribution >= 0.6 is 23.2 Å². The average Bonchev–Trinajstić information content (AvgIpc) is 3.38. The summed E-state index contributed by atoms with van der Waals surface area (Å²) in [7, 11) is -2.49. The van der Waals surface area contributed by atoms with E-state index in [1.807, 2.05) is 6.07 Å². The Labute approximate surface area is 253 Å². The molecule has 10 nitrogen and oxygen atoms in total. The Morgan fingerprint density at radius 1 is 1.14 bits per heavy atom. The summed E-state index contributed by atoms with van der Waals surface area (Å²) in [5.74, 6) is -1.72. The van der Waals surface area contributed by atoms with Crippen LogP contribution in [-0.4, -0.2) is 57.1 Å². The van der Waals surface area contributed by atoms with Gasteiger partial charge in [-0.05, 0) is 99.4 Å². The Morgan fingerprint density at radius 2 is 1.90 bits per heavy atom. The summed E-state index contributed by atoms with van der Waals surface area (Å²) in [4.78, 5) is 27.5. The lowest BCUT2D eigenvalue weighted by Crippen LogP contribution is -2.40. The number of halogens is 2. The number of nitriles is 1. The van der Waals surface area contributed by atoms with Gasteiger partial charge in [0.1, 0.15) is 5.75 Å². The topological polar surface area (TPSA) is 152 Å². The number of ketones is 1. The maximum Gasteiger partial charge on any atom is 0.281 e. The minimum Gasteiger partial charge on any atom is -0.860 e. The molecule has 0 spiro atoms. The highest BCUT2D eigenvalue weighted by Gasteiger charge is 2.24. The van der Waals surface area contributed by atoms with Gasteiger partial charge in [0.05, 0.1) is 22.1 Å². The Kier molecular flexibility index (Phi) is 9.53. The molecule has 4 rings (SSSR count). The molecule has 42 heavy (non-hydrogen) atoms. The number of benzene rings is 3. The van der Waals surface area contributed by atoms with E-state index in [2.05, 4.69) is 9.71 Å². The molecule has 13 heteroatoms. The van der Waals surface area contributed by atoms with E-state index in [9.17, 15) is 28.4 Å². The maximum atomic E-state index is 13.2. The van der Waals surface area contributed by atoms with Gasteiger partial charge in [-0.25, -0.2) is 0 Å². The lowest BCUT2D eigenvalue weighted by atomic mass is 10.0. The number of carbonyl (C=O) groups is 2. The average molecular weight is 629 g/mol. The zero-order chi connectivity index (χ0) is 30.6. The van der Waals surface area contributed by atoms with Crippen molar-refractivity contribution in [1.29, 1.82) is 5.26 Å². The smallest absolute Gasteiger partial charge is 0.281 e. The van der Waals surface area contributed by atoms with Crippen molar-refractivity contribution in [2.45, 2.75) is 30.7 Å². The molecule has 3 aromatic carbocycles. The van der Waals surface area contributed by atoms with Crippen molar-refractivity contribution < 1.29 is 27.9 Å². The van der Waals surface area contributed by atoms with Gasteiger partial charge in [-0.15, -0.1) is 0 Å². The molecule has 1 amide bonds. The third-order valence-corrected chi connectivity index (χ3v) is 8.34. The molecule has 0 aliphatic carbocycles. The Hall–Kier alpha value is -3.95. The number of likely N-dealkylation sites (tertiary alicyclic amines) is 1. The van der Waals surface area contributed by atoms with E-state index in [0.29, 0.717) is 24.2 Å². The van der Waals surface area contributed by atoms with Crippen LogP contribution in [0, 0.1) is 18.3 Å². The number of rotatable bonds is 9. The minimum atomic E-state index is -4.24. The first-order valence-electron chi connectivity index (χ1n) is 12.7. The van der Waals surface area contributed by atoms with Gasteiger partial charge < -0.3 is 15.2 Å². The molecule has 218 valence electrons. The molecule has 1 N–H and O–H groups in total. The van der Waals surface area contributed by atoms with Crippen molar-refractivity contribution in [3.63, 3.8) is 0 Å².